The SMILES string of the molecule is N#Cc1c(N)[nH]c(=O)c(C#N)c1-c1cc(Cl)cc([N+](=O)[O-])c1. The van der Waals surface area contributed by atoms with Gasteiger partial charge in [0.2, 0.25) is 0 Å². The largest absolute Gasteiger partial charge is 0.384 e. The summed E-state index contributed by atoms with van der Waals surface area (Å²) in [7, 11) is 0. The first-order valence-corrected chi connectivity index (χ1v) is 6.08. The van der Waals surface area contributed by atoms with Gasteiger partial charge in [0, 0.05) is 22.7 Å². The van der Waals surface area contributed by atoms with Crippen molar-refractivity contribution in [1.82, 2.24) is 4.98 Å². The van der Waals surface area contributed by atoms with Crippen LogP contribution >= 0.6 is 11.6 Å². The van der Waals surface area contributed by atoms with E-state index in [4.69, 9.17) is 22.6 Å². The molecule has 2 rings (SSSR count). The number of H-pyrrole nitrogens is 1. The maximum Gasteiger partial charge on any atom is 0.271 e. The van der Waals surface area contributed by atoms with Gasteiger partial charge in [-0.3, -0.25) is 14.9 Å². The Bertz CT molecular complexity index is 936. The second-order valence-corrected chi connectivity index (χ2v) is 4.61. The summed E-state index contributed by atoms with van der Waals surface area (Å²) in [5.41, 5.74) is 3.91. The minimum Gasteiger partial charge on any atom is -0.384 e. The summed E-state index contributed by atoms with van der Waals surface area (Å²) in [4.78, 5) is 24.2. The average molecular weight is 316 g/mol. The second kappa shape index (κ2) is 5.56. The molecule has 0 saturated heterocycles. The van der Waals surface area contributed by atoms with Crippen molar-refractivity contribution in [1.29, 1.82) is 10.5 Å². The van der Waals surface area contributed by atoms with Crippen LogP contribution in [0.25, 0.3) is 11.1 Å². The van der Waals surface area contributed by atoms with E-state index in [0.717, 1.165) is 12.1 Å². The quantitative estimate of drug-likeness (QED) is 0.638. The fourth-order valence-electron chi connectivity index (χ4n) is 1.96. The summed E-state index contributed by atoms with van der Waals surface area (Å²) < 4.78 is 0. The zero-order valence-electron chi connectivity index (χ0n) is 10.8. The van der Waals surface area contributed by atoms with E-state index in [2.05, 4.69) is 4.98 Å². The van der Waals surface area contributed by atoms with Crippen molar-refractivity contribution >= 4 is 23.1 Å². The molecule has 0 spiro atoms. The molecular weight excluding hydrogens is 310 g/mol. The van der Waals surface area contributed by atoms with Crippen LogP contribution in [0, 0.1) is 32.8 Å². The zero-order valence-corrected chi connectivity index (χ0v) is 11.5. The number of hydrogen-bond acceptors (Lipinski definition) is 6. The molecule has 1 aromatic carbocycles. The Morgan fingerprint density at radius 3 is 2.41 bits per heavy atom. The fourth-order valence-corrected chi connectivity index (χ4v) is 2.19. The smallest absolute Gasteiger partial charge is 0.271 e. The minimum absolute atomic E-state index is 0.0239. The van der Waals surface area contributed by atoms with Gasteiger partial charge < -0.3 is 10.7 Å². The number of nitriles is 2. The van der Waals surface area contributed by atoms with Gasteiger partial charge in [0.15, 0.2) is 0 Å². The molecule has 0 aliphatic rings. The Morgan fingerprint density at radius 2 is 1.86 bits per heavy atom. The number of aromatic nitrogens is 1. The first-order valence-electron chi connectivity index (χ1n) is 5.70. The highest BCUT2D eigenvalue weighted by Crippen LogP contribution is 2.32. The number of nitro groups is 1. The highest BCUT2D eigenvalue weighted by molar-refractivity contribution is 6.31. The number of non-ortho nitro benzene ring substituents is 1. The summed E-state index contributed by atoms with van der Waals surface area (Å²) in [6, 6.07) is 6.98. The van der Waals surface area contributed by atoms with Crippen molar-refractivity contribution in [3.63, 3.8) is 0 Å². The molecule has 2 aromatic rings. The molecule has 22 heavy (non-hydrogen) atoms. The molecule has 0 radical (unpaired) electrons. The van der Waals surface area contributed by atoms with E-state index in [1.807, 2.05) is 0 Å². The Balaban J connectivity index is 2.95. The van der Waals surface area contributed by atoms with E-state index in [0.29, 0.717) is 0 Å². The molecular formula is C13H6ClN5O3. The summed E-state index contributed by atoms with van der Waals surface area (Å²) in [6.07, 6.45) is 0. The molecule has 1 aromatic heterocycles. The van der Waals surface area contributed by atoms with Crippen molar-refractivity contribution in [2.75, 3.05) is 5.73 Å². The van der Waals surface area contributed by atoms with Gasteiger partial charge in [-0.15, -0.1) is 0 Å². The molecule has 3 N–H and O–H groups in total. The lowest BCUT2D eigenvalue weighted by Crippen LogP contribution is -2.16. The monoisotopic (exact) mass is 315 g/mol. The molecule has 0 fully saturated rings. The number of nitrogens with two attached hydrogens (primary N) is 1. The van der Waals surface area contributed by atoms with Gasteiger partial charge in [0.25, 0.3) is 11.2 Å². The summed E-state index contributed by atoms with van der Waals surface area (Å²) in [6.45, 7) is 0. The molecule has 9 heteroatoms. The van der Waals surface area contributed by atoms with Gasteiger partial charge in [0.1, 0.15) is 29.1 Å². The highest BCUT2D eigenvalue weighted by Gasteiger charge is 2.20. The molecule has 0 aliphatic carbocycles. The topological polar surface area (TPSA) is 150 Å². The third-order valence-electron chi connectivity index (χ3n) is 2.85. The second-order valence-electron chi connectivity index (χ2n) is 4.17. The van der Waals surface area contributed by atoms with Crippen LogP contribution in [0.3, 0.4) is 0 Å². The molecule has 0 saturated carbocycles. The van der Waals surface area contributed by atoms with Crippen molar-refractivity contribution < 1.29 is 4.92 Å². The van der Waals surface area contributed by atoms with E-state index in [1.54, 1.807) is 12.1 Å². The number of nitrogen functional groups attached to an aromatic ring is 1. The number of rotatable bonds is 2. The van der Waals surface area contributed by atoms with Gasteiger partial charge in [-0.1, -0.05) is 11.6 Å². The number of anilines is 1. The number of aromatic amines is 1. The standard InChI is InChI=1S/C13H6ClN5O3/c14-7-1-6(2-8(3-7)19(21)22)11-9(4-15)12(17)18-13(20)10(11)5-16/h1-3H,(H3,17,18,20). The number of nitrogens with zero attached hydrogens (tertiary/aromatic N) is 3. The number of hydrogen-bond donors (Lipinski definition) is 2. The van der Waals surface area contributed by atoms with Crippen LogP contribution in [-0.2, 0) is 0 Å². The normalized spacial score (nSPS) is 9.77. The number of halogens is 1. The third kappa shape index (κ3) is 2.46. The van der Waals surface area contributed by atoms with Crippen molar-refractivity contribution in [2.24, 2.45) is 0 Å². The highest BCUT2D eigenvalue weighted by atomic mass is 35.5. The van der Waals surface area contributed by atoms with E-state index in [9.17, 15) is 20.2 Å². The zero-order chi connectivity index (χ0) is 16.4. The fraction of sp³-hybridized carbons (Fsp3) is 0. The van der Waals surface area contributed by atoms with E-state index < -0.39 is 10.5 Å². The molecule has 0 unspecified atom stereocenters. The Hall–Kier alpha value is -3.36. The Labute approximate surface area is 128 Å². The van der Waals surface area contributed by atoms with Gasteiger partial charge in [-0.2, -0.15) is 10.5 Å². The summed E-state index contributed by atoms with van der Waals surface area (Å²) in [5, 5.41) is 29.3. The third-order valence-corrected chi connectivity index (χ3v) is 3.07. The van der Waals surface area contributed by atoms with Gasteiger partial charge in [-0.05, 0) is 11.6 Å². The van der Waals surface area contributed by atoms with Crippen LogP contribution in [0.4, 0.5) is 11.5 Å². The lowest BCUT2D eigenvalue weighted by molar-refractivity contribution is -0.384. The van der Waals surface area contributed by atoms with E-state index in [1.165, 1.54) is 6.07 Å². The van der Waals surface area contributed by atoms with Crippen LogP contribution in [0.1, 0.15) is 11.1 Å². The van der Waals surface area contributed by atoms with E-state index >= 15 is 0 Å². The molecule has 108 valence electrons. The van der Waals surface area contributed by atoms with Gasteiger partial charge >= 0.3 is 0 Å². The number of nitrogens with one attached hydrogen (secondary N) is 1. The number of pyridine rings is 1. The van der Waals surface area contributed by atoms with Crippen LogP contribution in [0.2, 0.25) is 5.02 Å². The van der Waals surface area contributed by atoms with Crippen LogP contribution in [0.15, 0.2) is 23.0 Å². The molecule has 0 atom stereocenters. The Kier molecular flexibility index (Phi) is 3.80. The molecule has 8 nitrogen and oxygen atoms in total. The molecule has 0 bridgehead atoms. The van der Waals surface area contributed by atoms with Crippen LogP contribution in [-0.4, -0.2) is 9.91 Å². The molecule has 1 heterocycles. The molecule has 0 aliphatic heterocycles. The van der Waals surface area contributed by atoms with Crippen molar-refractivity contribution in [3.8, 4) is 23.3 Å². The van der Waals surface area contributed by atoms with Gasteiger partial charge in [0.05, 0.1) is 4.92 Å². The van der Waals surface area contributed by atoms with Crippen molar-refractivity contribution in [2.45, 2.75) is 0 Å². The van der Waals surface area contributed by atoms with Crippen molar-refractivity contribution in [3.05, 3.63) is 54.8 Å². The minimum atomic E-state index is -0.795. The lowest BCUT2D eigenvalue weighted by Gasteiger charge is -2.09. The average Bonchev–Trinajstić information content (AvgIpc) is 2.45. The Morgan fingerprint density at radius 1 is 1.23 bits per heavy atom. The van der Waals surface area contributed by atoms with E-state index in [-0.39, 0.29) is 38.8 Å². The first kappa shape index (κ1) is 15.0. The maximum absolute atomic E-state index is 11.8. The first-order chi connectivity index (χ1) is 10.4. The number of nitro benzene ring substituents is 1. The summed E-state index contributed by atoms with van der Waals surface area (Å²) in [5.74, 6) is -0.232. The van der Waals surface area contributed by atoms with Crippen LogP contribution in [0.5, 0.6) is 0 Å². The summed E-state index contributed by atoms with van der Waals surface area (Å²) >= 11 is 5.83. The molecule has 0 amide bonds. The predicted octanol–water partition coefficient (Wildman–Crippen LogP) is 1.93. The van der Waals surface area contributed by atoms with Crippen LogP contribution < -0.4 is 11.3 Å². The predicted molar refractivity (Wildman–Crippen MR) is 78.0 cm³/mol. The van der Waals surface area contributed by atoms with Gasteiger partial charge in [-0.25, -0.2) is 0 Å². The number of benzene rings is 1. The lowest BCUT2D eigenvalue weighted by atomic mass is 9.96. The maximum atomic E-state index is 11.8.